The summed E-state index contributed by atoms with van der Waals surface area (Å²) < 4.78 is 13.9. The highest BCUT2D eigenvalue weighted by Crippen LogP contribution is 2.20. The molecule has 0 aliphatic heterocycles. The number of benzene rings is 1. The minimum absolute atomic E-state index is 0.266. The number of hydrogen-bond acceptors (Lipinski definition) is 1. The Bertz CT molecular complexity index is 446. The molecule has 0 bridgehead atoms. The molecule has 2 nitrogen and oxygen atoms in total. The fourth-order valence-corrected chi connectivity index (χ4v) is 1.41. The van der Waals surface area contributed by atoms with Crippen molar-refractivity contribution in [2.45, 2.75) is 33.2 Å². The second-order valence-corrected chi connectivity index (χ2v) is 5.04. The number of nitrogens with zero attached hydrogens (tertiary/aromatic N) is 1. The lowest BCUT2D eigenvalue weighted by Gasteiger charge is -2.27. The van der Waals surface area contributed by atoms with Gasteiger partial charge >= 0.3 is 0 Å². The van der Waals surface area contributed by atoms with E-state index in [2.05, 4.69) is 6.58 Å². The Morgan fingerprint density at radius 3 is 2.47 bits per heavy atom. The molecule has 0 spiro atoms. The van der Waals surface area contributed by atoms with Crippen LogP contribution in [0.5, 0.6) is 0 Å². The zero-order valence-corrected chi connectivity index (χ0v) is 10.7. The molecule has 17 heavy (non-hydrogen) atoms. The molecule has 0 heterocycles. The van der Waals surface area contributed by atoms with Crippen molar-refractivity contribution in [1.29, 1.82) is 0 Å². The number of halogens is 1. The van der Waals surface area contributed by atoms with E-state index < -0.39 is 11.4 Å². The van der Waals surface area contributed by atoms with Crippen molar-refractivity contribution in [3.63, 3.8) is 0 Å². The van der Waals surface area contributed by atoms with Crippen LogP contribution in [-0.2, 0) is 0 Å². The number of amides is 1. The van der Waals surface area contributed by atoms with Gasteiger partial charge in [-0.3, -0.25) is 4.79 Å². The molecule has 3 heteroatoms. The topological polar surface area (TPSA) is 20.3 Å². The minimum Gasteiger partial charge on any atom is -0.266 e. The van der Waals surface area contributed by atoms with Crippen LogP contribution in [0, 0.1) is 6.92 Å². The average Bonchev–Trinajstić information content (AvgIpc) is 2.26. The van der Waals surface area contributed by atoms with E-state index >= 15 is 0 Å². The molecular weight excluding hydrogens is 217 g/mol. The SMILES string of the molecule is C=Cc1ccc(C)c(C(=O)N(F)C(C)(C)C)c1. The van der Waals surface area contributed by atoms with Gasteiger partial charge in [0.05, 0.1) is 5.54 Å². The van der Waals surface area contributed by atoms with Crippen molar-refractivity contribution in [2.75, 3.05) is 0 Å². The van der Waals surface area contributed by atoms with Gasteiger partial charge in [0.25, 0.3) is 5.91 Å². The van der Waals surface area contributed by atoms with Crippen LogP contribution in [0.1, 0.15) is 42.3 Å². The van der Waals surface area contributed by atoms with Crippen molar-refractivity contribution in [3.05, 3.63) is 41.5 Å². The lowest BCUT2D eigenvalue weighted by Crippen LogP contribution is -2.39. The van der Waals surface area contributed by atoms with Crippen LogP contribution in [0.15, 0.2) is 24.8 Å². The zero-order valence-electron chi connectivity index (χ0n) is 10.7. The Hall–Kier alpha value is -1.64. The molecule has 1 amide bonds. The Morgan fingerprint density at radius 2 is 2.00 bits per heavy atom. The minimum atomic E-state index is -0.840. The fourth-order valence-electron chi connectivity index (χ4n) is 1.41. The van der Waals surface area contributed by atoms with Crippen LogP contribution < -0.4 is 0 Å². The van der Waals surface area contributed by atoms with Crippen molar-refractivity contribution in [2.24, 2.45) is 0 Å². The molecule has 0 aromatic heterocycles. The zero-order chi connectivity index (χ0) is 13.2. The van der Waals surface area contributed by atoms with Crippen molar-refractivity contribution < 1.29 is 9.28 Å². The van der Waals surface area contributed by atoms with Crippen molar-refractivity contribution in [3.8, 4) is 0 Å². The molecule has 1 aromatic carbocycles. The van der Waals surface area contributed by atoms with Crippen LogP contribution >= 0.6 is 0 Å². The van der Waals surface area contributed by atoms with Gasteiger partial charge in [0.2, 0.25) is 0 Å². The standard InChI is InChI=1S/C14H18FNO/c1-6-11-8-7-10(2)12(9-11)13(17)16(15)14(3,4)5/h6-9H,1H2,2-5H3. The predicted molar refractivity (Wildman–Crippen MR) is 68.3 cm³/mol. The molecule has 0 aliphatic rings. The predicted octanol–water partition coefficient (Wildman–Crippen LogP) is 3.76. The summed E-state index contributed by atoms with van der Waals surface area (Å²) >= 11 is 0. The molecular formula is C14H18FNO. The lowest BCUT2D eigenvalue weighted by atomic mass is 10.0. The largest absolute Gasteiger partial charge is 0.282 e. The number of carbonyl (C=O) groups excluding carboxylic acids is 1. The third-order valence-corrected chi connectivity index (χ3v) is 2.50. The van der Waals surface area contributed by atoms with E-state index in [0.29, 0.717) is 5.56 Å². The van der Waals surface area contributed by atoms with Crippen molar-refractivity contribution >= 4 is 12.0 Å². The van der Waals surface area contributed by atoms with E-state index in [4.69, 9.17) is 0 Å². The number of aryl methyl sites for hydroxylation is 1. The molecule has 0 atom stereocenters. The maximum absolute atomic E-state index is 13.9. The summed E-state index contributed by atoms with van der Waals surface area (Å²) in [6.45, 7) is 10.4. The Balaban J connectivity index is 3.16. The molecule has 0 aliphatic carbocycles. The Kier molecular flexibility index (Phi) is 3.71. The van der Waals surface area contributed by atoms with Crippen molar-refractivity contribution in [1.82, 2.24) is 5.12 Å². The first-order valence-corrected chi connectivity index (χ1v) is 5.51. The molecule has 0 saturated heterocycles. The summed E-state index contributed by atoms with van der Waals surface area (Å²) in [6.07, 6.45) is 1.63. The summed E-state index contributed by atoms with van der Waals surface area (Å²) in [6, 6.07) is 5.29. The number of hydrogen-bond donors (Lipinski definition) is 0. The van der Waals surface area contributed by atoms with Gasteiger partial charge in [0.1, 0.15) is 0 Å². The maximum atomic E-state index is 13.9. The van der Waals surface area contributed by atoms with Gasteiger partial charge in [0, 0.05) is 5.56 Å². The number of rotatable bonds is 2. The molecule has 0 fully saturated rings. The van der Waals surface area contributed by atoms with Crippen LogP contribution in [-0.4, -0.2) is 16.6 Å². The summed E-state index contributed by atoms with van der Waals surface area (Å²) in [5.41, 5.74) is 1.10. The van der Waals surface area contributed by atoms with E-state index in [0.717, 1.165) is 11.1 Å². The van der Waals surface area contributed by atoms with Gasteiger partial charge in [-0.15, -0.1) is 0 Å². The number of carbonyl (C=O) groups is 1. The molecule has 0 N–H and O–H groups in total. The molecule has 1 rings (SSSR count). The highest BCUT2D eigenvalue weighted by Gasteiger charge is 2.28. The molecule has 0 saturated carbocycles. The van der Waals surface area contributed by atoms with Gasteiger partial charge < -0.3 is 0 Å². The first-order valence-electron chi connectivity index (χ1n) is 5.51. The Labute approximate surface area is 102 Å². The van der Waals surface area contributed by atoms with Crippen LogP contribution in [0.4, 0.5) is 4.48 Å². The molecule has 1 aromatic rings. The first kappa shape index (κ1) is 13.4. The molecule has 0 radical (unpaired) electrons. The second-order valence-electron chi connectivity index (χ2n) is 5.04. The fraction of sp³-hybridized carbons (Fsp3) is 0.357. The van der Waals surface area contributed by atoms with Gasteiger partial charge in [-0.25, -0.2) is 0 Å². The summed E-state index contributed by atoms with van der Waals surface area (Å²) in [4.78, 5) is 12.0. The summed E-state index contributed by atoms with van der Waals surface area (Å²) in [5.74, 6) is -0.612. The first-order chi connectivity index (χ1) is 7.77. The summed E-state index contributed by atoms with van der Waals surface area (Å²) in [5, 5.41) is 0.266. The Morgan fingerprint density at radius 1 is 1.41 bits per heavy atom. The van der Waals surface area contributed by atoms with E-state index in [1.54, 1.807) is 45.9 Å². The van der Waals surface area contributed by atoms with Crippen LogP contribution in [0.2, 0.25) is 0 Å². The van der Waals surface area contributed by atoms with Gasteiger partial charge in [-0.05, 0) is 44.9 Å². The highest BCUT2D eigenvalue weighted by molar-refractivity contribution is 5.95. The average molecular weight is 235 g/mol. The van der Waals surface area contributed by atoms with Crippen LogP contribution in [0.25, 0.3) is 6.08 Å². The molecule has 92 valence electrons. The van der Waals surface area contributed by atoms with Gasteiger partial charge in [-0.1, -0.05) is 29.3 Å². The monoisotopic (exact) mass is 235 g/mol. The summed E-state index contributed by atoms with van der Waals surface area (Å²) in [7, 11) is 0. The van der Waals surface area contributed by atoms with E-state index in [9.17, 15) is 9.28 Å². The normalized spacial score (nSPS) is 11.1. The second kappa shape index (κ2) is 4.70. The van der Waals surface area contributed by atoms with E-state index in [-0.39, 0.29) is 5.12 Å². The van der Waals surface area contributed by atoms with Gasteiger partial charge in [-0.2, -0.15) is 5.12 Å². The third-order valence-electron chi connectivity index (χ3n) is 2.50. The third kappa shape index (κ3) is 2.93. The highest BCUT2D eigenvalue weighted by atomic mass is 19.2. The quantitative estimate of drug-likeness (QED) is 0.715. The molecule has 0 unspecified atom stereocenters. The van der Waals surface area contributed by atoms with E-state index in [1.165, 1.54) is 0 Å². The van der Waals surface area contributed by atoms with Crippen LogP contribution in [0.3, 0.4) is 0 Å². The van der Waals surface area contributed by atoms with Gasteiger partial charge in [0.15, 0.2) is 0 Å². The van der Waals surface area contributed by atoms with E-state index in [1.807, 2.05) is 6.07 Å². The lowest BCUT2D eigenvalue weighted by molar-refractivity contribution is -0.0322. The maximum Gasteiger partial charge on any atom is 0.282 e. The smallest absolute Gasteiger partial charge is 0.266 e.